The van der Waals surface area contributed by atoms with E-state index in [4.69, 9.17) is 0 Å². The molecule has 0 saturated carbocycles. The first-order valence-corrected chi connectivity index (χ1v) is 7.42. The van der Waals surface area contributed by atoms with E-state index in [-0.39, 0.29) is 5.82 Å². The fraction of sp³-hybridized carbons (Fsp3) is 0.353. The molecule has 2 heterocycles. The van der Waals surface area contributed by atoms with Gasteiger partial charge in [-0.2, -0.15) is 0 Å². The van der Waals surface area contributed by atoms with Gasteiger partial charge < -0.3 is 4.90 Å². The third-order valence-corrected chi connectivity index (χ3v) is 4.07. The highest BCUT2D eigenvalue weighted by Gasteiger charge is 2.21. The topological polar surface area (TPSA) is 46.1 Å². The molecular weight excluding hydrogens is 281 g/mol. The highest BCUT2D eigenvalue weighted by molar-refractivity contribution is 5.81. The molecule has 114 valence electrons. The van der Waals surface area contributed by atoms with Gasteiger partial charge in [0, 0.05) is 42.8 Å². The van der Waals surface area contributed by atoms with Gasteiger partial charge in [-0.1, -0.05) is 12.1 Å². The Morgan fingerprint density at radius 2 is 1.86 bits per heavy atom. The molecule has 4 nitrogen and oxygen atoms in total. The van der Waals surface area contributed by atoms with Gasteiger partial charge in [-0.3, -0.25) is 4.79 Å². The maximum Gasteiger partial charge on any atom is 0.161 e. The zero-order chi connectivity index (χ0) is 15.7. The summed E-state index contributed by atoms with van der Waals surface area (Å²) < 4.78 is 13.4. The fourth-order valence-corrected chi connectivity index (χ4v) is 2.65. The molecule has 2 aromatic rings. The third kappa shape index (κ3) is 2.84. The maximum atomic E-state index is 13.4. The van der Waals surface area contributed by atoms with Crippen LogP contribution in [-0.4, -0.2) is 28.8 Å². The van der Waals surface area contributed by atoms with Crippen LogP contribution in [0, 0.1) is 19.7 Å². The van der Waals surface area contributed by atoms with Crippen molar-refractivity contribution in [3.8, 4) is 11.4 Å². The van der Waals surface area contributed by atoms with Gasteiger partial charge in [-0.15, -0.1) is 0 Å². The molecule has 1 aromatic heterocycles. The second-order valence-corrected chi connectivity index (χ2v) is 5.62. The number of carbonyl (C=O) groups excluding carboxylic acids is 1. The molecule has 0 spiro atoms. The molecule has 22 heavy (non-hydrogen) atoms. The van der Waals surface area contributed by atoms with E-state index >= 15 is 0 Å². The summed E-state index contributed by atoms with van der Waals surface area (Å²) in [6.45, 7) is 5.27. The first kappa shape index (κ1) is 14.6. The van der Waals surface area contributed by atoms with Crippen molar-refractivity contribution < 1.29 is 9.18 Å². The number of ketones is 1. The highest BCUT2D eigenvalue weighted by Crippen LogP contribution is 2.26. The summed E-state index contributed by atoms with van der Waals surface area (Å²) >= 11 is 0. The number of aromatic nitrogens is 2. The molecule has 0 amide bonds. The van der Waals surface area contributed by atoms with Crippen LogP contribution in [0.2, 0.25) is 0 Å². The van der Waals surface area contributed by atoms with Gasteiger partial charge >= 0.3 is 0 Å². The minimum atomic E-state index is -0.301. The van der Waals surface area contributed by atoms with Gasteiger partial charge in [0.05, 0.1) is 0 Å². The maximum absolute atomic E-state index is 13.4. The molecule has 5 heteroatoms. The number of piperidine rings is 1. The van der Waals surface area contributed by atoms with Gasteiger partial charge in [0.15, 0.2) is 5.82 Å². The largest absolute Gasteiger partial charge is 0.355 e. The van der Waals surface area contributed by atoms with Crippen LogP contribution < -0.4 is 4.90 Å². The van der Waals surface area contributed by atoms with Crippen molar-refractivity contribution >= 4 is 11.6 Å². The molecule has 0 atom stereocenters. The monoisotopic (exact) mass is 299 g/mol. The number of hydrogen-bond donors (Lipinski definition) is 0. The third-order valence-electron chi connectivity index (χ3n) is 4.07. The Labute approximate surface area is 129 Å². The lowest BCUT2D eigenvalue weighted by Crippen LogP contribution is -2.35. The smallest absolute Gasteiger partial charge is 0.161 e. The van der Waals surface area contributed by atoms with Crippen LogP contribution in [0.3, 0.4) is 0 Å². The van der Waals surface area contributed by atoms with E-state index in [1.54, 1.807) is 12.1 Å². The van der Waals surface area contributed by atoms with Gasteiger partial charge in [-0.25, -0.2) is 14.4 Å². The Morgan fingerprint density at radius 3 is 2.55 bits per heavy atom. The average molecular weight is 299 g/mol. The van der Waals surface area contributed by atoms with Crippen molar-refractivity contribution in [2.45, 2.75) is 26.7 Å². The number of aryl methyl sites for hydroxylation is 1. The first-order valence-electron chi connectivity index (χ1n) is 7.42. The van der Waals surface area contributed by atoms with E-state index in [1.807, 2.05) is 13.8 Å². The van der Waals surface area contributed by atoms with E-state index < -0.39 is 0 Å². The van der Waals surface area contributed by atoms with Crippen molar-refractivity contribution in [1.82, 2.24) is 9.97 Å². The Bertz CT molecular complexity index is 720. The van der Waals surface area contributed by atoms with E-state index in [1.165, 1.54) is 12.1 Å². The SMILES string of the molecule is Cc1nc(-c2cccc(F)c2)nc(N2CCC(=O)CC2)c1C. The van der Waals surface area contributed by atoms with Crippen LogP contribution in [0.5, 0.6) is 0 Å². The van der Waals surface area contributed by atoms with Crippen molar-refractivity contribution in [2.75, 3.05) is 18.0 Å². The summed E-state index contributed by atoms with van der Waals surface area (Å²) in [4.78, 5) is 22.6. The number of rotatable bonds is 2. The lowest BCUT2D eigenvalue weighted by Gasteiger charge is -2.29. The number of nitrogens with zero attached hydrogens (tertiary/aromatic N) is 3. The normalized spacial score (nSPS) is 15.2. The number of carbonyl (C=O) groups is 1. The minimum absolute atomic E-state index is 0.296. The van der Waals surface area contributed by atoms with Gasteiger partial charge in [-0.05, 0) is 26.0 Å². The number of halogens is 1. The van der Waals surface area contributed by atoms with E-state index in [0.717, 1.165) is 17.1 Å². The first-order chi connectivity index (χ1) is 10.5. The van der Waals surface area contributed by atoms with Crippen LogP contribution in [0.25, 0.3) is 11.4 Å². The summed E-state index contributed by atoms with van der Waals surface area (Å²) in [6, 6.07) is 6.30. The zero-order valence-corrected chi connectivity index (χ0v) is 12.8. The lowest BCUT2D eigenvalue weighted by atomic mass is 10.1. The van der Waals surface area contributed by atoms with E-state index in [2.05, 4.69) is 14.9 Å². The summed E-state index contributed by atoms with van der Waals surface area (Å²) in [5, 5.41) is 0. The number of hydrogen-bond acceptors (Lipinski definition) is 4. The standard InChI is InChI=1S/C17H18FN3O/c1-11-12(2)19-16(13-4-3-5-14(18)10-13)20-17(11)21-8-6-15(22)7-9-21/h3-5,10H,6-9H2,1-2H3. The van der Waals surface area contributed by atoms with E-state index in [0.29, 0.717) is 43.1 Å². The van der Waals surface area contributed by atoms with Gasteiger partial charge in [0.25, 0.3) is 0 Å². The molecule has 1 aliphatic heterocycles. The molecule has 1 fully saturated rings. The summed E-state index contributed by atoms with van der Waals surface area (Å²) in [7, 11) is 0. The van der Waals surface area contributed by atoms with Crippen molar-refractivity contribution in [2.24, 2.45) is 0 Å². The molecule has 0 aliphatic carbocycles. The highest BCUT2D eigenvalue weighted by atomic mass is 19.1. The van der Waals surface area contributed by atoms with Crippen molar-refractivity contribution in [1.29, 1.82) is 0 Å². The molecule has 3 rings (SSSR count). The average Bonchev–Trinajstić information content (AvgIpc) is 2.51. The second kappa shape index (κ2) is 5.83. The molecule has 1 saturated heterocycles. The molecule has 1 aromatic carbocycles. The van der Waals surface area contributed by atoms with Crippen LogP contribution in [0.15, 0.2) is 24.3 Å². The quantitative estimate of drug-likeness (QED) is 0.855. The predicted molar refractivity (Wildman–Crippen MR) is 83.4 cm³/mol. The predicted octanol–water partition coefficient (Wildman–Crippen LogP) is 3.07. The summed E-state index contributed by atoms with van der Waals surface area (Å²) in [5.74, 6) is 1.36. The minimum Gasteiger partial charge on any atom is -0.355 e. The van der Waals surface area contributed by atoms with E-state index in [9.17, 15) is 9.18 Å². The Kier molecular flexibility index (Phi) is 3.88. The molecule has 1 aliphatic rings. The van der Waals surface area contributed by atoms with Crippen LogP contribution in [0.1, 0.15) is 24.1 Å². The summed E-state index contributed by atoms with van der Waals surface area (Å²) in [6.07, 6.45) is 1.11. The Balaban J connectivity index is 2.02. The number of benzene rings is 1. The molecule has 0 bridgehead atoms. The van der Waals surface area contributed by atoms with Crippen LogP contribution >= 0.6 is 0 Å². The number of anilines is 1. The Hall–Kier alpha value is -2.30. The van der Waals surface area contributed by atoms with Crippen molar-refractivity contribution in [3.05, 3.63) is 41.3 Å². The van der Waals surface area contributed by atoms with Gasteiger partial charge in [0.2, 0.25) is 0 Å². The second-order valence-electron chi connectivity index (χ2n) is 5.62. The molecular formula is C17H18FN3O. The summed E-state index contributed by atoms with van der Waals surface area (Å²) in [5.41, 5.74) is 2.55. The molecule has 0 N–H and O–H groups in total. The van der Waals surface area contributed by atoms with Crippen molar-refractivity contribution in [3.63, 3.8) is 0 Å². The molecule has 0 radical (unpaired) electrons. The van der Waals surface area contributed by atoms with Gasteiger partial charge in [0.1, 0.15) is 17.4 Å². The Morgan fingerprint density at radius 1 is 1.14 bits per heavy atom. The lowest BCUT2D eigenvalue weighted by molar-refractivity contribution is -0.119. The fourth-order valence-electron chi connectivity index (χ4n) is 2.65. The number of Topliss-reactive ketones (excluding diaryl/α,β-unsaturated/α-hetero) is 1. The van der Waals surface area contributed by atoms with Crippen LogP contribution in [-0.2, 0) is 4.79 Å². The zero-order valence-electron chi connectivity index (χ0n) is 12.8. The molecule has 0 unspecified atom stereocenters. The van der Waals surface area contributed by atoms with Crippen LogP contribution in [0.4, 0.5) is 10.2 Å².